The number of rotatable bonds is 5. The maximum atomic E-state index is 12.2. The summed E-state index contributed by atoms with van der Waals surface area (Å²) in [6.07, 6.45) is -0.821. The van der Waals surface area contributed by atoms with Crippen molar-refractivity contribution in [1.29, 1.82) is 0 Å². The van der Waals surface area contributed by atoms with Crippen LogP contribution in [0, 0.1) is 10.1 Å². The van der Waals surface area contributed by atoms with Gasteiger partial charge < -0.3 is 9.15 Å². The fourth-order valence-electron chi connectivity index (χ4n) is 2.15. The molecule has 1 heterocycles. The molecule has 1 atom stereocenters. The Bertz CT molecular complexity index is 958. The van der Waals surface area contributed by atoms with Crippen LogP contribution in [0.2, 0.25) is 5.02 Å². The summed E-state index contributed by atoms with van der Waals surface area (Å²) in [5, 5.41) is 18.5. The van der Waals surface area contributed by atoms with E-state index in [0.717, 1.165) is 11.6 Å². The van der Waals surface area contributed by atoms with Gasteiger partial charge in [0.1, 0.15) is 0 Å². The SMILES string of the molecule is C[C@@H](OC(=O)c1ccc([N+](=O)[O-])cc1Cl)c1nnc(-c2ccccc2)o1. The Labute approximate surface area is 152 Å². The minimum absolute atomic E-state index is 0.00640. The number of nitro benzene ring substituents is 1. The van der Waals surface area contributed by atoms with Crippen molar-refractivity contribution in [2.75, 3.05) is 0 Å². The molecule has 9 heteroatoms. The van der Waals surface area contributed by atoms with Crippen molar-refractivity contribution in [3.05, 3.63) is 75.1 Å². The highest BCUT2D eigenvalue weighted by Gasteiger charge is 2.22. The third-order valence-corrected chi connectivity index (χ3v) is 3.79. The molecule has 0 aliphatic rings. The van der Waals surface area contributed by atoms with Crippen LogP contribution in [0.15, 0.2) is 52.9 Å². The van der Waals surface area contributed by atoms with Gasteiger partial charge in [-0.15, -0.1) is 10.2 Å². The molecule has 0 N–H and O–H groups in total. The first-order valence-corrected chi connectivity index (χ1v) is 7.87. The number of non-ortho nitro benzene ring substituents is 1. The number of ether oxygens (including phenoxy) is 1. The number of aromatic nitrogens is 2. The van der Waals surface area contributed by atoms with E-state index >= 15 is 0 Å². The summed E-state index contributed by atoms with van der Waals surface area (Å²) in [5.41, 5.74) is 0.527. The Morgan fingerprint density at radius 3 is 2.62 bits per heavy atom. The Kier molecular flexibility index (Phi) is 4.94. The van der Waals surface area contributed by atoms with Gasteiger partial charge in [-0.3, -0.25) is 10.1 Å². The fraction of sp³-hybridized carbons (Fsp3) is 0.118. The summed E-state index contributed by atoms with van der Waals surface area (Å²) < 4.78 is 10.8. The monoisotopic (exact) mass is 373 g/mol. The maximum absolute atomic E-state index is 12.2. The number of nitrogens with zero attached hydrogens (tertiary/aromatic N) is 3. The second kappa shape index (κ2) is 7.32. The Morgan fingerprint density at radius 2 is 1.96 bits per heavy atom. The number of carbonyl (C=O) groups excluding carboxylic acids is 1. The highest BCUT2D eigenvalue weighted by molar-refractivity contribution is 6.33. The van der Waals surface area contributed by atoms with E-state index in [0.29, 0.717) is 5.89 Å². The smallest absolute Gasteiger partial charge is 0.340 e. The highest BCUT2D eigenvalue weighted by atomic mass is 35.5. The van der Waals surface area contributed by atoms with Gasteiger partial charge >= 0.3 is 5.97 Å². The highest BCUT2D eigenvalue weighted by Crippen LogP contribution is 2.26. The molecule has 0 saturated heterocycles. The van der Waals surface area contributed by atoms with Gasteiger partial charge in [-0.1, -0.05) is 29.8 Å². The van der Waals surface area contributed by atoms with Crippen LogP contribution in [0.4, 0.5) is 5.69 Å². The van der Waals surface area contributed by atoms with Crippen molar-refractivity contribution < 1.29 is 18.9 Å². The van der Waals surface area contributed by atoms with Gasteiger partial charge in [0.05, 0.1) is 15.5 Å². The number of esters is 1. The van der Waals surface area contributed by atoms with Crippen LogP contribution in [0.5, 0.6) is 0 Å². The molecular weight excluding hydrogens is 362 g/mol. The number of hydrogen-bond acceptors (Lipinski definition) is 7. The van der Waals surface area contributed by atoms with E-state index in [-0.39, 0.29) is 22.2 Å². The summed E-state index contributed by atoms with van der Waals surface area (Å²) in [6.45, 7) is 1.57. The molecule has 0 aliphatic carbocycles. The Hall–Kier alpha value is -3.26. The fourth-order valence-corrected chi connectivity index (χ4v) is 2.41. The zero-order valence-electron chi connectivity index (χ0n) is 13.5. The van der Waals surface area contributed by atoms with E-state index in [1.54, 1.807) is 6.92 Å². The Balaban J connectivity index is 1.74. The first-order valence-electron chi connectivity index (χ1n) is 7.49. The zero-order valence-corrected chi connectivity index (χ0v) is 14.2. The molecule has 0 aliphatic heterocycles. The lowest BCUT2D eigenvalue weighted by molar-refractivity contribution is -0.384. The molecule has 1 aromatic heterocycles. The molecule has 0 saturated carbocycles. The average molecular weight is 374 g/mol. The van der Waals surface area contributed by atoms with Crippen LogP contribution < -0.4 is 0 Å². The maximum Gasteiger partial charge on any atom is 0.340 e. The molecule has 3 aromatic rings. The van der Waals surface area contributed by atoms with E-state index in [1.807, 2.05) is 30.3 Å². The summed E-state index contributed by atoms with van der Waals surface area (Å²) >= 11 is 5.93. The van der Waals surface area contributed by atoms with Gasteiger partial charge in [0, 0.05) is 17.7 Å². The van der Waals surface area contributed by atoms with Gasteiger partial charge in [0.2, 0.25) is 5.89 Å². The van der Waals surface area contributed by atoms with E-state index in [4.69, 9.17) is 20.8 Å². The number of hydrogen-bond donors (Lipinski definition) is 0. The predicted octanol–water partition coefficient (Wildman–Crippen LogP) is 4.22. The van der Waals surface area contributed by atoms with Crippen LogP contribution in [0.3, 0.4) is 0 Å². The molecule has 3 rings (SSSR count). The average Bonchev–Trinajstić information content (AvgIpc) is 3.12. The van der Waals surface area contributed by atoms with Gasteiger partial charge in [-0.2, -0.15) is 0 Å². The van der Waals surface area contributed by atoms with Crippen LogP contribution in [-0.2, 0) is 4.74 Å². The molecule has 0 fully saturated rings. The van der Waals surface area contributed by atoms with Gasteiger partial charge in [0.25, 0.3) is 11.6 Å². The second-order valence-corrected chi connectivity index (χ2v) is 5.69. The van der Waals surface area contributed by atoms with Crippen molar-refractivity contribution >= 4 is 23.3 Å². The van der Waals surface area contributed by atoms with Crippen molar-refractivity contribution in [1.82, 2.24) is 10.2 Å². The van der Waals surface area contributed by atoms with E-state index in [9.17, 15) is 14.9 Å². The van der Waals surface area contributed by atoms with E-state index in [1.165, 1.54) is 12.1 Å². The molecule has 0 unspecified atom stereocenters. The topological polar surface area (TPSA) is 108 Å². The van der Waals surface area contributed by atoms with Crippen molar-refractivity contribution in [3.63, 3.8) is 0 Å². The largest absolute Gasteiger partial charge is 0.449 e. The molecule has 8 nitrogen and oxygen atoms in total. The molecule has 2 aromatic carbocycles. The molecule has 0 amide bonds. The molecule has 0 bridgehead atoms. The lowest BCUT2D eigenvalue weighted by Gasteiger charge is -2.10. The summed E-state index contributed by atoms with van der Waals surface area (Å²) in [5.74, 6) is -0.330. The van der Waals surface area contributed by atoms with Crippen LogP contribution in [0.1, 0.15) is 29.3 Å². The number of benzene rings is 2. The minimum atomic E-state index is -0.821. The predicted molar refractivity (Wildman–Crippen MR) is 91.7 cm³/mol. The van der Waals surface area contributed by atoms with Crippen LogP contribution in [-0.4, -0.2) is 21.1 Å². The standard InChI is InChI=1S/C17H12ClN3O5/c1-10(15-19-20-16(26-15)11-5-3-2-4-6-11)25-17(22)13-8-7-12(21(23)24)9-14(13)18/h2-10H,1H3/t10-/m1/s1. The molecule has 0 spiro atoms. The number of halogens is 1. The van der Waals surface area contributed by atoms with Gasteiger partial charge in [-0.25, -0.2) is 4.79 Å². The molecule has 26 heavy (non-hydrogen) atoms. The van der Waals surface area contributed by atoms with Crippen molar-refractivity contribution in [3.8, 4) is 11.5 Å². The van der Waals surface area contributed by atoms with Crippen LogP contribution >= 0.6 is 11.6 Å². The number of nitro groups is 1. The minimum Gasteiger partial charge on any atom is -0.449 e. The second-order valence-electron chi connectivity index (χ2n) is 5.28. The van der Waals surface area contributed by atoms with Crippen molar-refractivity contribution in [2.45, 2.75) is 13.0 Å². The van der Waals surface area contributed by atoms with Crippen LogP contribution in [0.25, 0.3) is 11.5 Å². The Morgan fingerprint density at radius 1 is 1.23 bits per heavy atom. The van der Waals surface area contributed by atoms with Gasteiger partial charge in [0.15, 0.2) is 6.10 Å². The van der Waals surface area contributed by atoms with E-state index < -0.39 is 17.0 Å². The first-order chi connectivity index (χ1) is 12.5. The van der Waals surface area contributed by atoms with E-state index in [2.05, 4.69) is 10.2 Å². The molecular formula is C17H12ClN3O5. The first kappa shape index (κ1) is 17.6. The third-order valence-electron chi connectivity index (χ3n) is 3.48. The molecule has 132 valence electrons. The summed E-state index contributed by atoms with van der Waals surface area (Å²) in [6, 6.07) is 12.6. The molecule has 0 radical (unpaired) electrons. The quantitative estimate of drug-likeness (QED) is 0.374. The summed E-state index contributed by atoms with van der Waals surface area (Å²) in [7, 11) is 0. The number of carbonyl (C=O) groups is 1. The third kappa shape index (κ3) is 3.70. The van der Waals surface area contributed by atoms with Gasteiger partial charge in [-0.05, 0) is 25.1 Å². The zero-order chi connectivity index (χ0) is 18.7. The summed E-state index contributed by atoms with van der Waals surface area (Å²) in [4.78, 5) is 22.4. The lowest BCUT2D eigenvalue weighted by Crippen LogP contribution is -2.10. The normalized spacial score (nSPS) is 11.8. The van der Waals surface area contributed by atoms with Crippen molar-refractivity contribution in [2.24, 2.45) is 0 Å². The lowest BCUT2D eigenvalue weighted by atomic mass is 10.2.